The molecule has 72 valence electrons. The van der Waals surface area contributed by atoms with E-state index >= 15 is 0 Å². The van der Waals surface area contributed by atoms with E-state index in [1.807, 2.05) is 6.07 Å². The first-order chi connectivity index (χ1) is 6.63. The highest BCUT2D eigenvalue weighted by molar-refractivity contribution is 6.29. The third-order valence-corrected chi connectivity index (χ3v) is 1.79. The lowest BCUT2D eigenvalue weighted by Crippen LogP contribution is -2.01. The van der Waals surface area contributed by atoms with Crippen molar-refractivity contribution in [1.29, 1.82) is 5.26 Å². The van der Waals surface area contributed by atoms with Gasteiger partial charge >= 0.3 is 0 Å². The maximum Gasteiger partial charge on any atom is 0.101 e. The lowest BCUT2D eigenvalue weighted by molar-refractivity contribution is 1.31. The second-order valence-electron chi connectivity index (χ2n) is 2.78. The standard InChI is InChI=1S/C10H10ClN3/c1-7(11)6-14-9-3-2-8(5-12)10(13)4-9/h2-4,14H,1,6,13H2. The first-order valence-electron chi connectivity index (χ1n) is 4.00. The molecule has 0 radical (unpaired) electrons. The summed E-state index contributed by atoms with van der Waals surface area (Å²) in [6, 6.07) is 7.12. The van der Waals surface area contributed by atoms with Crippen molar-refractivity contribution in [1.82, 2.24) is 0 Å². The van der Waals surface area contributed by atoms with Crippen LogP contribution in [0.1, 0.15) is 5.56 Å². The van der Waals surface area contributed by atoms with E-state index in [0.29, 0.717) is 22.8 Å². The van der Waals surface area contributed by atoms with Gasteiger partial charge in [-0.1, -0.05) is 18.2 Å². The van der Waals surface area contributed by atoms with Crippen LogP contribution in [0.4, 0.5) is 11.4 Å². The third kappa shape index (κ3) is 2.68. The minimum absolute atomic E-state index is 0.456. The number of nitriles is 1. The Hall–Kier alpha value is -1.66. The van der Waals surface area contributed by atoms with Crippen LogP contribution in [0.3, 0.4) is 0 Å². The Balaban J connectivity index is 2.77. The van der Waals surface area contributed by atoms with Gasteiger partial charge in [0.2, 0.25) is 0 Å². The van der Waals surface area contributed by atoms with Crippen LogP contribution in [0.15, 0.2) is 29.8 Å². The Labute approximate surface area is 87.8 Å². The summed E-state index contributed by atoms with van der Waals surface area (Å²) >= 11 is 5.59. The molecular formula is C10H10ClN3. The van der Waals surface area contributed by atoms with E-state index in [9.17, 15) is 0 Å². The molecule has 0 heterocycles. The van der Waals surface area contributed by atoms with Crippen molar-refractivity contribution in [3.63, 3.8) is 0 Å². The first-order valence-corrected chi connectivity index (χ1v) is 4.38. The largest absolute Gasteiger partial charge is 0.398 e. The van der Waals surface area contributed by atoms with Gasteiger partial charge in [-0.15, -0.1) is 0 Å². The average Bonchev–Trinajstić information content (AvgIpc) is 2.15. The highest BCUT2D eigenvalue weighted by Crippen LogP contribution is 2.17. The molecule has 1 aromatic rings. The van der Waals surface area contributed by atoms with Crippen molar-refractivity contribution in [3.05, 3.63) is 35.4 Å². The normalized spacial score (nSPS) is 9.14. The fourth-order valence-electron chi connectivity index (χ4n) is 0.972. The summed E-state index contributed by atoms with van der Waals surface area (Å²) in [4.78, 5) is 0. The van der Waals surface area contributed by atoms with E-state index in [2.05, 4.69) is 11.9 Å². The Morgan fingerprint density at radius 3 is 2.86 bits per heavy atom. The molecule has 1 aromatic carbocycles. The molecular weight excluding hydrogens is 198 g/mol. The zero-order chi connectivity index (χ0) is 10.6. The molecule has 3 N–H and O–H groups in total. The van der Waals surface area contributed by atoms with Gasteiger partial charge in [-0.3, -0.25) is 0 Å². The maximum absolute atomic E-state index is 8.64. The summed E-state index contributed by atoms with van der Waals surface area (Å²) in [6.07, 6.45) is 0. The van der Waals surface area contributed by atoms with Gasteiger partial charge < -0.3 is 11.1 Å². The number of hydrogen-bond acceptors (Lipinski definition) is 3. The van der Waals surface area contributed by atoms with Crippen LogP contribution in [-0.4, -0.2) is 6.54 Å². The monoisotopic (exact) mass is 207 g/mol. The first kappa shape index (κ1) is 10.4. The molecule has 0 atom stereocenters. The van der Waals surface area contributed by atoms with E-state index in [4.69, 9.17) is 22.6 Å². The van der Waals surface area contributed by atoms with Crippen LogP contribution < -0.4 is 11.1 Å². The van der Waals surface area contributed by atoms with Gasteiger partial charge in [0.1, 0.15) is 6.07 Å². The molecule has 0 saturated heterocycles. The fraction of sp³-hybridized carbons (Fsp3) is 0.100. The Bertz CT molecular complexity index is 393. The molecule has 14 heavy (non-hydrogen) atoms. The summed E-state index contributed by atoms with van der Waals surface area (Å²) in [5, 5.41) is 12.2. The molecule has 4 heteroatoms. The highest BCUT2D eigenvalue weighted by Gasteiger charge is 1.99. The number of benzene rings is 1. The zero-order valence-corrected chi connectivity index (χ0v) is 8.30. The topological polar surface area (TPSA) is 61.8 Å². The fourth-order valence-corrected chi connectivity index (χ4v) is 1.04. The number of nitrogens with one attached hydrogen (secondary N) is 1. The SMILES string of the molecule is C=C(Cl)CNc1ccc(C#N)c(N)c1. The lowest BCUT2D eigenvalue weighted by Gasteiger charge is -2.06. The smallest absolute Gasteiger partial charge is 0.101 e. The molecule has 0 aliphatic heterocycles. The van der Waals surface area contributed by atoms with E-state index < -0.39 is 0 Å². The van der Waals surface area contributed by atoms with Crippen LogP contribution in [0.2, 0.25) is 0 Å². The van der Waals surface area contributed by atoms with Crippen LogP contribution in [0, 0.1) is 11.3 Å². The zero-order valence-electron chi connectivity index (χ0n) is 7.55. The third-order valence-electron chi connectivity index (χ3n) is 1.66. The Morgan fingerprint density at radius 2 is 2.36 bits per heavy atom. The van der Waals surface area contributed by atoms with Crippen LogP contribution >= 0.6 is 11.6 Å². The van der Waals surface area contributed by atoms with Crippen molar-refractivity contribution in [3.8, 4) is 6.07 Å². The number of anilines is 2. The van der Waals surface area contributed by atoms with Crippen molar-refractivity contribution in [2.24, 2.45) is 0 Å². The van der Waals surface area contributed by atoms with Gasteiger partial charge in [-0.2, -0.15) is 5.26 Å². The van der Waals surface area contributed by atoms with Crippen LogP contribution in [-0.2, 0) is 0 Å². The molecule has 0 fully saturated rings. The minimum Gasteiger partial charge on any atom is -0.398 e. The average molecular weight is 208 g/mol. The van der Waals surface area contributed by atoms with E-state index in [1.54, 1.807) is 18.2 Å². The van der Waals surface area contributed by atoms with Gasteiger partial charge in [0.25, 0.3) is 0 Å². The number of nitrogens with two attached hydrogens (primary N) is 1. The molecule has 0 saturated carbocycles. The lowest BCUT2D eigenvalue weighted by atomic mass is 10.2. The summed E-state index contributed by atoms with van der Waals surface area (Å²) in [7, 11) is 0. The molecule has 0 aliphatic rings. The molecule has 0 amide bonds. The van der Waals surface area contributed by atoms with Gasteiger partial charge in [0.15, 0.2) is 0 Å². The van der Waals surface area contributed by atoms with Crippen molar-refractivity contribution < 1.29 is 0 Å². The van der Waals surface area contributed by atoms with Gasteiger partial charge in [0, 0.05) is 10.7 Å². The number of nitrogens with zero attached hydrogens (tertiary/aromatic N) is 1. The number of halogens is 1. The summed E-state index contributed by atoms with van der Waals surface area (Å²) < 4.78 is 0. The molecule has 0 aliphatic carbocycles. The van der Waals surface area contributed by atoms with E-state index in [0.717, 1.165) is 5.69 Å². The Morgan fingerprint density at radius 1 is 1.64 bits per heavy atom. The number of rotatable bonds is 3. The molecule has 3 nitrogen and oxygen atoms in total. The minimum atomic E-state index is 0.456. The van der Waals surface area contributed by atoms with E-state index in [-0.39, 0.29) is 0 Å². The summed E-state index contributed by atoms with van der Waals surface area (Å²) in [6.45, 7) is 4.02. The molecule has 0 spiro atoms. The van der Waals surface area contributed by atoms with Gasteiger partial charge in [0.05, 0.1) is 17.8 Å². The highest BCUT2D eigenvalue weighted by atomic mass is 35.5. The van der Waals surface area contributed by atoms with Gasteiger partial charge in [-0.25, -0.2) is 0 Å². The van der Waals surface area contributed by atoms with Crippen LogP contribution in [0.25, 0.3) is 0 Å². The quantitative estimate of drug-likeness (QED) is 0.748. The predicted octanol–water partition coefficient (Wildman–Crippen LogP) is 2.30. The number of hydrogen-bond donors (Lipinski definition) is 2. The summed E-state index contributed by atoms with van der Waals surface area (Å²) in [5.41, 5.74) is 7.37. The van der Waals surface area contributed by atoms with Crippen molar-refractivity contribution >= 4 is 23.0 Å². The molecule has 0 aromatic heterocycles. The van der Waals surface area contributed by atoms with Crippen molar-refractivity contribution in [2.45, 2.75) is 0 Å². The molecule has 0 unspecified atom stereocenters. The molecule has 1 rings (SSSR count). The predicted molar refractivity (Wildman–Crippen MR) is 59.1 cm³/mol. The summed E-state index contributed by atoms with van der Waals surface area (Å²) in [5.74, 6) is 0. The maximum atomic E-state index is 8.64. The van der Waals surface area contributed by atoms with E-state index in [1.165, 1.54) is 0 Å². The van der Waals surface area contributed by atoms with Gasteiger partial charge in [-0.05, 0) is 18.2 Å². The second kappa shape index (κ2) is 4.54. The van der Waals surface area contributed by atoms with Crippen molar-refractivity contribution in [2.75, 3.05) is 17.6 Å². The number of nitrogen functional groups attached to an aromatic ring is 1. The Kier molecular flexibility index (Phi) is 3.38. The molecule has 0 bridgehead atoms. The second-order valence-corrected chi connectivity index (χ2v) is 3.32. The van der Waals surface area contributed by atoms with Crippen LogP contribution in [0.5, 0.6) is 0 Å².